The van der Waals surface area contributed by atoms with Crippen LogP contribution in [0.1, 0.15) is 33.6 Å². The van der Waals surface area contributed by atoms with Crippen LogP contribution in [0.25, 0.3) is 0 Å². The summed E-state index contributed by atoms with van der Waals surface area (Å²) in [6, 6.07) is 0.951. The smallest absolute Gasteiger partial charge is 0.0113 e. The molecule has 1 saturated carbocycles. The lowest BCUT2D eigenvalue weighted by molar-refractivity contribution is 0.0935. The second-order valence-electron chi connectivity index (χ2n) is 6.79. The average molecular weight is 303 g/mol. The van der Waals surface area contributed by atoms with Gasteiger partial charge in [0.1, 0.15) is 0 Å². The summed E-state index contributed by atoms with van der Waals surface area (Å²) in [6.07, 6.45) is 2.90. The molecule has 0 spiro atoms. The lowest BCUT2D eigenvalue weighted by Crippen LogP contribution is -2.49. The molecule has 1 saturated heterocycles. The molecule has 1 heterocycles. The quantitative estimate of drug-likeness (QED) is 0.737. The first kappa shape index (κ1) is 13.8. The molecule has 17 heavy (non-hydrogen) atoms. The van der Waals surface area contributed by atoms with Crippen LogP contribution in [0.4, 0.5) is 0 Å². The van der Waals surface area contributed by atoms with Gasteiger partial charge >= 0.3 is 0 Å². The van der Waals surface area contributed by atoms with Crippen molar-refractivity contribution in [1.29, 1.82) is 0 Å². The number of hydrogen-bond acceptors (Lipinski definition) is 2. The Balaban J connectivity index is 1.76. The van der Waals surface area contributed by atoms with Crippen molar-refractivity contribution in [3.05, 3.63) is 0 Å². The fourth-order valence-electron chi connectivity index (χ4n) is 2.62. The number of alkyl halides is 1. The van der Waals surface area contributed by atoms with Gasteiger partial charge in [-0.2, -0.15) is 0 Å². The van der Waals surface area contributed by atoms with Gasteiger partial charge in [-0.05, 0) is 24.2 Å². The van der Waals surface area contributed by atoms with Crippen molar-refractivity contribution >= 4 is 15.9 Å². The summed E-state index contributed by atoms with van der Waals surface area (Å²) in [6.45, 7) is 13.5. The predicted molar refractivity (Wildman–Crippen MR) is 77.8 cm³/mol. The van der Waals surface area contributed by atoms with E-state index in [1.54, 1.807) is 0 Å². The van der Waals surface area contributed by atoms with E-state index in [-0.39, 0.29) is 0 Å². The zero-order valence-corrected chi connectivity index (χ0v) is 13.2. The third-order valence-corrected chi connectivity index (χ3v) is 5.14. The standard InChI is InChI=1S/C14H27BrN2/c1-14(2,3)12(10-15)11-16-6-8-17(9-7-16)13-4-5-13/h12-13H,4-11H2,1-3H3. The number of halogens is 1. The van der Waals surface area contributed by atoms with Crippen LogP contribution in [0, 0.1) is 11.3 Å². The molecule has 100 valence electrons. The van der Waals surface area contributed by atoms with Crippen LogP contribution >= 0.6 is 15.9 Å². The Morgan fingerprint density at radius 3 is 2.12 bits per heavy atom. The highest BCUT2D eigenvalue weighted by molar-refractivity contribution is 9.09. The SMILES string of the molecule is CC(C)(C)C(CBr)CN1CCN(C2CC2)CC1. The number of piperazine rings is 1. The van der Waals surface area contributed by atoms with E-state index in [4.69, 9.17) is 0 Å². The van der Waals surface area contributed by atoms with Gasteiger partial charge in [0.2, 0.25) is 0 Å². The molecule has 0 aromatic carbocycles. The van der Waals surface area contributed by atoms with Crippen molar-refractivity contribution in [2.45, 2.75) is 39.7 Å². The number of nitrogens with zero attached hydrogens (tertiary/aromatic N) is 2. The Labute approximate surface area is 115 Å². The van der Waals surface area contributed by atoms with E-state index in [2.05, 4.69) is 46.5 Å². The summed E-state index contributed by atoms with van der Waals surface area (Å²) in [5.41, 5.74) is 0.414. The van der Waals surface area contributed by atoms with E-state index in [0.29, 0.717) is 5.41 Å². The molecule has 2 nitrogen and oxygen atoms in total. The zero-order chi connectivity index (χ0) is 12.5. The van der Waals surface area contributed by atoms with Crippen molar-refractivity contribution in [1.82, 2.24) is 9.80 Å². The molecule has 2 aliphatic rings. The highest BCUT2D eigenvalue weighted by Crippen LogP contribution is 2.30. The molecule has 1 unspecified atom stereocenters. The number of rotatable bonds is 4. The van der Waals surface area contributed by atoms with E-state index in [0.717, 1.165) is 17.3 Å². The summed E-state index contributed by atoms with van der Waals surface area (Å²) in [5.74, 6) is 0.759. The highest BCUT2D eigenvalue weighted by Gasteiger charge is 2.32. The van der Waals surface area contributed by atoms with Crippen LogP contribution in [-0.2, 0) is 0 Å². The third-order valence-electron chi connectivity index (χ3n) is 4.36. The topological polar surface area (TPSA) is 6.48 Å². The van der Waals surface area contributed by atoms with Gasteiger partial charge in [0, 0.05) is 44.1 Å². The maximum absolute atomic E-state index is 3.69. The van der Waals surface area contributed by atoms with Crippen LogP contribution in [-0.4, -0.2) is 53.9 Å². The molecule has 2 fully saturated rings. The second-order valence-corrected chi connectivity index (χ2v) is 7.43. The molecule has 3 heteroatoms. The van der Waals surface area contributed by atoms with Gasteiger partial charge in [0.25, 0.3) is 0 Å². The first-order chi connectivity index (χ1) is 8.00. The molecular formula is C14H27BrN2. The summed E-state index contributed by atoms with van der Waals surface area (Å²) in [4.78, 5) is 5.35. The molecule has 1 aliphatic carbocycles. The Hall–Kier alpha value is 0.400. The molecule has 1 aliphatic heterocycles. The number of hydrogen-bond donors (Lipinski definition) is 0. The van der Waals surface area contributed by atoms with Gasteiger partial charge < -0.3 is 4.90 Å². The van der Waals surface area contributed by atoms with Gasteiger partial charge in [-0.15, -0.1) is 0 Å². The fourth-order valence-corrected chi connectivity index (χ4v) is 3.79. The van der Waals surface area contributed by atoms with Gasteiger partial charge in [-0.3, -0.25) is 4.90 Å². The van der Waals surface area contributed by atoms with Crippen LogP contribution < -0.4 is 0 Å². The first-order valence-corrected chi connectivity index (χ1v) is 8.15. The van der Waals surface area contributed by atoms with Crippen LogP contribution in [0.2, 0.25) is 0 Å². The molecule has 0 aromatic heterocycles. The van der Waals surface area contributed by atoms with E-state index in [9.17, 15) is 0 Å². The van der Waals surface area contributed by atoms with Gasteiger partial charge in [0.15, 0.2) is 0 Å². The monoisotopic (exact) mass is 302 g/mol. The third kappa shape index (κ3) is 3.93. The summed E-state index contributed by atoms with van der Waals surface area (Å²) < 4.78 is 0. The van der Waals surface area contributed by atoms with Crippen LogP contribution in [0.3, 0.4) is 0 Å². The molecule has 0 radical (unpaired) electrons. The lowest BCUT2D eigenvalue weighted by atomic mass is 9.81. The summed E-state index contributed by atoms with van der Waals surface area (Å²) >= 11 is 3.69. The predicted octanol–water partition coefficient (Wildman–Crippen LogP) is 2.82. The van der Waals surface area contributed by atoms with Crippen molar-refractivity contribution in [2.24, 2.45) is 11.3 Å². The molecule has 0 N–H and O–H groups in total. The molecule has 0 bridgehead atoms. The fraction of sp³-hybridized carbons (Fsp3) is 1.00. The Morgan fingerprint density at radius 1 is 1.12 bits per heavy atom. The second kappa shape index (κ2) is 5.58. The summed E-state index contributed by atoms with van der Waals surface area (Å²) in [5, 5.41) is 1.12. The van der Waals surface area contributed by atoms with E-state index >= 15 is 0 Å². The Morgan fingerprint density at radius 2 is 1.71 bits per heavy atom. The van der Waals surface area contributed by atoms with Crippen molar-refractivity contribution in [2.75, 3.05) is 38.1 Å². The molecule has 1 atom stereocenters. The van der Waals surface area contributed by atoms with E-state index in [1.807, 2.05) is 0 Å². The van der Waals surface area contributed by atoms with Gasteiger partial charge in [-0.25, -0.2) is 0 Å². The first-order valence-electron chi connectivity index (χ1n) is 7.03. The summed E-state index contributed by atoms with van der Waals surface area (Å²) in [7, 11) is 0. The minimum Gasteiger partial charge on any atom is -0.300 e. The van der Waals surface area contributed by atoms with Crippen molar-refractivity contribution in [3.63, 3.8) is 0 Å². The maximum atomic E-state index is 3.69. The Bertz CT molecular complexity index is 237. The van der Waals surface area contributed by atoms with Crippen LogP contribution in [0.5, 0.6) is 0 Å². The minimum atomic E-state index is 0.414. The van der Waals surface area contributed by atoms with Crippen LogP contribution in [0.15, 0.2) is 0 Å². The normalized spacial score (nSPS) is 26.1. The van der Waals surface area contributed by atoms with Gasteiger partial charge in [-0.1, -0.05) is 36.7 Å². The molecule has 0 aromatic rings. The largest absolute Gasteiger partial charge is 0.300 e. The Kier molecular flexibility index (Phi) is 4.54. The molecule has 2 rings (SSSR count). The maximum Gasteiger partial charge on any atom is 0.0113 e. The molecular weight excluding hydrogens is 276 g/mol. The average Bonchev–Trinajstić information content (AvgIpc) is 3.09. The van der Waals surface area contributed by atoms with Gasteiger partial charge in [0.05, 0.1) is 0 Å². The highest BCUT2D eigenvalue weighted by atomic mass is 79.9. The van der Waals surface area contributed by atoms with Crippen molar-refractivity contribution < 1.29 is 0 Å². The van der Waals surface area contributed by atoms with E-state index in [1.165, 1.54) is 45.6 Å². The van der Waals surface area contributed by atoms with E-state index < -0.39 is 0 Å². The van der Waals surface area contributed by atoms with Crippen molar-refractivity contribution in [3.8, 4) is 0 Å². The lowest BCUT2D eigenvalue weighted by Gasteiger charge is -2.39. The molecule has 0 amide bonds. The zero-order valence-electron chi connectivity index (χ0n) is 11.6. The minimum absolute atomic E-state index is 0.414.